The van der Waals surface area contributed by atoms with Gasteiger partial charge in [-0.05, 0) is 18.8 Å². The van der Waals surface area contributed by atoms with Crippen LogP contribution < -0.4 is 0 Å². The lowest BCUT2D eigenvalue weighted by atomic mass is 9.67. The zero-order valence-corrected chi connectivity index (χ0v) is 6.62. The van der Waals surface area contributed by atoms with E-state index in [2.05, 4.69) is 4.90 Å². The van der Waals surface area contributed by atoms with E-state index in [0.29, 0.717) is 17.6 Å². The first kappa shape index (κ1) is 6.18. The Morgan fingerprint density at radius 3 is 2.27 bits per heavy atom. The number of Topliss-reactive ketones (excluding diaryl/α,β-unsaturated/α-hetero) is 1. The van der Waals surface area contributed by atoms with E-state index in [9.17, 15) is 4.79 Å². The largest absolute Gasteiger partial charge is 0.302 e. The van der Waals surface area contributed by atoms with Crippen molar-refractivity contribution in [2.24, 2.45) is 17.8 Å². The fourth-order valence-corrected chi connectivity index (χ4v) is 3.16. The highest BCUT2D eigenvalue weighted by Gasteiger charge is 2.46. The van der Waals surface area contributed by atoms with Crippen molar-refractivity contribution < 1.29 is 4.79 Å². The second kappa shape index (κ2) is 1.86. The minimum atomic E-state index is 0.432. The van der Waals surface area contributed by atoms with Gasteiger partial charge in [-0.25, -0.2) is 0 Å². The normalized spacial score (nSPS) is 53.6. The minimum absolute atomic E-state index is 0.432. The summed E-state index contributed by atoms with van der Waals surface area (Å²) >= 11 is 0. The first-order chi connectivity index (χ1) is 5.33. The third-order valence-corrected chi connectivity index (χ3v) is 3.51. The molecule has 60 valence electrons. The third kappa shape index (κ3) is 0.734. The second-order valence-corrected chi connectivity index (χ2v) is 4.35. The molecule has 0 spiro atoms. The van der Waals surface area contributed by atoms with Gasteiger partial charge >= 0.3 is 0 Å². The van der Waals surface area contributed by atoms with Crippen molar-refractivity contribution in [1.82, 2.24) is 4.90 Å². The van der Waals surface area contributed by atoms with Crippen LogP contribution in [-0.4, -0.2) is 30.3 Å². The Balaban J connectivity index is 1.96. The van der Waals surface area contributed by atoms with Crippen molar-refractivity contribution in [3.8, 4) is 0 Å². The molecule has 0 aromatic heterocycles. The van der Waals surface area contributed by atoms with Crippen LogP contribution in [0.5, 0.6) is 0 Å². The van der Waals surface area contributed by atoms with Gasteiger partial charge in [-0.3, -0.25) is 4.79 Å². The molecule has 0 amide bonds. The first-order valence-corrected chi connectivity index (χ1v) is 4.59. The third-order valence-electron chi connectivity index (χ3n) is 3.51. The SMILES string of the molecule is O=C1[C@@H]2CC3C[C@H]1CN(C3)C2. The zero-order valence-electron chi connectivity index (χ0n) is 6.62. The molecule has 1 aliphatic carbocycles. The molecule has 0 aromatic carbocycles. The number of hydrogen-bond donors (Lipinski definition) is 0. The van der Waals surface area contributed by atoms with E-state index in [4.69, 9.17) is 0 Å². The predicted octanol–water partition coefficient (Wildman–Crippen LogP) is 0.527. The van der Waals surface area contributed by atoms with Gasteiger partial charge in [0.1, 0.15) is 5.78 Å². The van der Waals surface area contributed by atoms with E-state index in [1.54, 1.807) is 0 Å². The summed E-state index contributed by atoms with van der Waals surface area (Å²) in [7, 11) is 0. The molecular formula is C9H13NO. The number of ketones is 1. The van der Waals surface area contributed by atoms with Crippen LogP contribution in [0.15, 0.2) is 0 Å². The molecular weight excluding hydrogens is 138 g/mol. The molecule has 4 rings (SSSR count). The fourth-order valence-electron chi connectivity index (χ4n) is 3.16. The maximum absolute atomic E-state index is 11.5. The molecule has 4 aliphatic rings. The zero-order chi connectivity index (χ0) is 7.42. The Labute approximate surface area is 66.6 Å². The van der Waals surface area contributed by atoms with Gasteiger partial charge in [0, 0.05) is 31.5 Å². The van der Waals surface area contributed by atoms with Crippen LogP contribution in [0, 0.1) is 17.8 Å². The van der Waals surface area contributed by atoms with Crippen molar-refractivity contribution in [2.75, 3.05) is 19.6 Å². The van der Waals surface area contributed by atoms with E-state index < -0.39 is 0 Å². The molecule has 2 heteroatoms. The van der Waals surface area contributed by atoms with Gasteiger partial charge in [-0.15, -0.1) is 0 Å². The lowest BCUT2D eigenvalue weighted by Gasteiger charge is -2.50. The van der Waals surface area contributed by atoms with Gasteiger partial charge < -0.3 is 4.90 Å². The minimum Gasteiger partial charge on any atom is -0.302 e. The van der Waals surface area contributed by atoms with Crippen molar-refractivity contribution in [3.63, 3.8) is 0 Å². The Bertz CT molecular complexity index is 182. The summed E-state index contributed by atoms with van der Waals surface area (Å²) in [5.41, 5.74) is 0. The van der Waals surface area contributed by atoms with Gasteiger partial charge in [-0.2, -0.15) is 0 Å². The molecule has 2 nitrogen and oxygen atoms in total. The first-order valence-electron chi connectivity index (χ1n) is 4.59. The van der Waals surface area contributed by atoms with Crippen LogP contribution in [0.1, 0.15) is 12.8 Å². The molecule has 3 saturated heterocycles. The molecule has 0 radical (unpaired) electrons. The van der Waals surface area contributed by atoms with Crippen LogP contribution in [0.2, 0.25) is 0 Å². The van der Waals surface area contributed by atoms with Crippen molar-refractivity contribution in [3.05, 3.63) is 0 Å². The lowest BCUT2D eigenvalue weighted by Crippen LogP contribution is -2.58. The number of rotatable bonds is 0. The second-order valence-electron chi connectivity index (χ2n) is 4.35. The molecule has 0 aromatic rings. The lowest BCUT2D eigenvalue weighted by molar-refractivity contribution is -0.142. The topological polar surface area (TPSA) is 20.3 Å². The van der Waals surface area contributed by atoms with Crippen LogP contribution in [0.25, 0.3) is 0 Å². The average Bonchev–Trinajstić information content (AvgIpc) is 1.98. The summed E-state index contributed by atoms with van der Waals surface area (Å²) in [6, 6.07) is 0. The quantitative estimate of drug-likeness (QED) is 0.503. The summed E-state index contributed by atoms with van der Waals surface area (Å²) in [6.07, 6.45) is 2.40. The molecule has 4 bridgehead atoms. The summed E-state index contributed by atoms with van der Waals surface area (Å²) in [6.45, 7) is 3.43. The van der Waals surface area contributed by atoms with Gasteiger partial charge in [0.15, 0.2) is 0 Å². The molecule has 3 heterocycles. The monoisotopic (exact) mass is 151 g/mol. The fraction of sp³-hybridized carbons (Fsp3) is 0.889. The molecule has 0 N–H and O–H groups in total. The van der Waals surface area contributed by atoms with Crippen LogP contribution >= 0.6 is 0 Å². The van der Waals surface area contributed by atoms with E-state index >= 15 is 0 Å². The highest BCUT2D eigenvalue weighted by atomic mass is 16.1. The number of piperidine rings is 3. The number of hydrogen-bond acceptors (Lipinski definition) is 2. The Morgan fingerprint density at radius 1 is 1.09 bits per heavy atom. The molecule has 2 unspecified atom stereocenters. The van der Waals surface area contributed by atoms with E-state index in [1.807, 2.05) is 0 Å². The van der Waals surface area contributed by atoms with Crippen molar-refractivity contribution in [1.29, 1.82) is 0 Å². The van der Waals surface area contributed by atoms with Gasteiger partial charge in [0.2, 0.25) is 0 Å². The summed E-state index contributed by atoms with van der Waals surface area (Å²) < 4.78 is 0. The maximum Gasteiger partial charge on any atom is 0.141 e. The van der Waals surface area contributed by atoms with E-state index in [0.717, 1.165) is 19.0 Å². The number of nitrogens with zero attached hydrogens (tertiary/aromatic N) is 1. The summed E-state index contributed by atoms with van der Waals surface area (Å²) in [5, 5.41) is 0. The van der Waals surface area contributed by atoms with Crippen LogP contribution in [0.4, 0.5) is 0 Å². The Morgan fingerprint density at radius 2 is 1.73 bits per heavy atom. The molecule has 3 aliphatic heterocycles. The van der Waals surface area contributed by atoms with Crippen molar-refractivity contribution in [2.45, 2.75) is 12.8 Å². The molecule has 1 saturated carbocycles. The standard InChI is InChI=1S/C9H13NO/c11-9-7-1-6-2-8(9)5-10(3-6)4-7/h6-8H,1-5H2/t6?,7-,8+. The Hall–Kier alpha value is -0.370. The van der Waals surface area contributed by atoms with Gasteiger partial charge in [0.05, 0.1) is 0 Å². The van der Waals surface area contributed by atoms with Gasteiger partial charge in [0.25, 0.3) is 0 Å². The number of carbonyl (C=O) groups excluding carboxylic acids is 1. The van der Waals surface area contributed by atoms with Crippen LogP contribution in [0.3, 0.4) is 0 Å². The van der Waals surface area contributed by atoms with Crippen molar-refractivity contribution >= 4 is 5.78 Å². The predicted molar refractivity (Wildman–Crippen MR) is 41.2 cm³/mol. The summed E-state index contributed by atoms with van der Waals surface area (Å²) in [5.74, 6) is 2.31. The maximum atomic E-state index is 11.5. The van der Waals surface area contributed by atoms with E-state index in [-0.39, 0.29) is 0 Å². The average molecular weight is 151 g/mol. The molecule has 4 atom stereocenters. The highest BCUT2D eigenvalue weighted by molar-refractivity contribution is 5.85. The van der Waals surface area contributed by atoms with E-state index in [1.165, 1.54) is 19.4 Å². The van der Waals surface area contributed by atoms with Gasteiger partial charge in [-0.1, -0.05) is 0 Å². The number of carbonyl (C=O) groups is 1. The smallest absolute Gasteiger partial charge is 0.141 e. The van der Waals surface area contributed by atoms with Crippen LogP contribution in [-0.2, 0) is 4.79 Å². The highest BCUT2D eigenvalue weighted by Crippen LogP contribution is 2.40. The molecule has 4 fully saturated rings. The summed E-state index contributed by atoms with van der Waals surface area (Å²) in [4.78, 5) is 14.0. The Kier molecular flexibility index (Phi) is 1.05. The molecule has 11 heavy (non-hydrogen) atoms.